The van der Waals surface area contributed by atoms with E-state index in [1.807, 2.05) is 72.8 Å². The van der Waals surface area contributed by atoms with Gasteiger partial charge in [-0.25, -0.2) is 0 Å². The molecule has 0 aromatic heterocycles. The quantitative estimate of drug-likeness (QED) is 0.383. The van der Waals surface area contributed by atoms with E-state index in [0.717, 1.165) is 39.3 Å². The van der Waals surface area contributed by atoms with Crippen LogP contribution in [0.5, 0.6) is 11.5 Å². The van der Waals surface area contributed by atoms with Crippen LogP contribution < -0.4 is 9.47 Å². The number of hydrogen-bond acceptors (Lipinski definition) is 3. The Morgan fingerprint density at radius 2 is 1.35 bits per heavy atom. The minimum atomic E-state index is -0.273. The maximum Gasteiger partial charge on any atom is 0.131 e. The van der Waals surface area contributed by atoms with E-state index in [1.165, 1.54) is 0 Å². The molecule has 156 valence electrons. The Hall–Kier alpha value is -3.56. The van der Waals surface area contributed by atoms with Crippen LogP contribution in [0.1, 0.15) is 22.6 Å². The van der Waals surface area contributed by atoms with Crippen LogP contribution in [0.3, 0.4) is 0 Å². The summed E-state index contributed by atoms with van der Waals surface area (Å²) in [7, 11) is 1.65. The highest BCUT2D eigenvalue weighted by atomic mass is 16.5. The Balaban J connectivity index is 1.82. The standard InChI is InChI=1S/C28H26O3/c1-30-27-18-9-8-15-24(27)26(19-29)25-17-10-16-23(22-13-6-3-7-14-22)28(25)31-20-21-11-4-2-5-12-21/h2-18,26,29H,19-20H2,1H3. The molecule has 3 nitrogen and oxygen atoms in total. The van der Waals surface area contributed by atoms with E-state index in [2.05, 4.69) is 30.3 Å². The van der Waals surface area contributed by atoms with Crippen LogP contribution >= 0.6 is 0 Å². The summed E-state index contributed by atoms with van der Waals surface area (Å²) >= 11 is 0. The Kier molecular flexibility index (Phi) is 6.65. The molecule has 0 bridgehead atoms. The number of benzene rings is 4. The number of hydrogen-bond donors (Lipinski definition) is 1. The van der Waals surface area contributed by atoms with Gasteiger partial charge in [-0.1, -0.05) is 97.1 Å². The molecule has 0 aliphatic carbocycles. The third kappa shape index (κ3) is 4.62. The number of aliphatic hydroxyl groups is 1. The largest absolute Gasteiger partial charge is 0.496 e. The molecule has 1 unspecified atom stereocenters. The third-order valence-electron chi connectivity index (χ3n) is 5.43. The summed E-state index contributed by atoms with van der Waals surface area (Å²) in [6.07, 6.45) is 0. The van der Waals surface area contributed by atoms with Gasteiger partial charge in [-0.05, 0) is 17.2 Å². The van der Waals surface area contributed by atoms with Gasteiger partial charge < -0.3 is 14.6 Å². The molecule has 0 heterocycles. The summed E-state index contributed by atoms with van der Waals surface area (Å²) in [5.41, 5.74) is 5.03. The van der Waals surface area contributed by atoms with E-state index in [-0.39, 0.29) is 12.5 Å². The first-order valence-electron chi connectivity index (χ1n) is 10.4. The summed E-state index contributed by atoms with van der Waals surface area (Å²) in [6.45, 7) is 0.391. The molecule has 0 saturated heterocycles. The number of rotatable bonds is 8. The second-order valence-electron chi connectivity index (χ2n) is 7.34. The average Bonchev–Trinajstić information content (AvgIpc) is 2.85. The second kappa shape index (κ2) is 9.96. The molecule has 1 atom stereocenters. The lowest BCUT2D eigenvalue weighted by atomic mass is 9.88. The number of aliphatic hydroxyl groups excluding tert-OH is 1. The average molecular weight is 411 g/mol. The number of methoxy groups -OCH3 is 1. The topological polar surface area (TPSA) is 38.7 Å². The lowest BCUT2D eigenvalue weighted by molar-refractivity contribution is 0.266. The molecule has 4 rings (SSSR count). The van der Waals surface area contributed by atoms with Gasteiger partial charge in [-0.3, -0.25) is 0 Å². The maximum absolute atomic E-state index is 10.4. The number of para-hydroxylation sites is 2. The normalized spacial score (nSPS) is 11.7. The molecule has 0 radical (unpaired) electrons. The van der Waals surface area contributed by atoms with Crippen molar-refractivity contribution in [2.24, 2.45) is 0 Å². The van der Waals surface area contributed by atoms with Crippen molar-refractivity contribution < 1.29 is 14.6 Å². The molecule has 0 aliphatic rings. The Morgan fingerprint density at radius 1 is 0.710 bits per heavy atom. The summed E-state index contributed by atoms with van der Waals surface area (Å²) in [5, 5.41) is 10.4. The Labute approximate surface area is 183 Å². The Morgan fingerprint density at radius 3 is 2.06 bits per heavy atom. The lowest BCUT2D eigenvalue weighted by Gasteiger charge is -2.23. The molecule has 0 amide bonds. The molecule has 4 aromatic carbocycles. The van der Waals surface area contributed by atoms with Crippen molar-refractivity contribution in [3.63, 3.8) is 0 Å². The predicted octanol–water partition coefficient (Wildman–Crippen LogP) is 6.07. The number of ether oxygens (including phenoxy) is 2. The minimum absolute atomic E-state index is 0.0552. The van der Waals surface area contributed by atoms with Crippen LogP contribution in [0.15, 0.2) is 103 Å². The maximum atomic E-state index is 10.4. The smallest absolute Gasteiger partial charge is 0.131 e. The third-order valence-corrected chi connectivity index (χ3v) is 5.43. The highest BCUT2D eigenvalue weighted by Crippen LogP contribution is 2.41. The van der Waals surface area contributed by atoms with Crippen molar-refractivity contribution in [3.8, 4) is 22.6 Å². The molecule has 4 aromatic rings. The summed E-state index contributed by atoms with van der Waals surface area (Å²) in [5.74, 6) is 1.26. The van der Waals surface area contributed by atoms with Crippen LogP contribution in [-0.2, 0) is 6.61 Å². The van der Waals surface area contributed by atoms with Crippen LogP contribution in [0.4, 0.5) is 0 Å². The first kappa shape index (κ1) is 20.7. The van der Waals surface area contributed by atoms with Gasteiger partial charge in [0.15, 0.2) is 0 Å². The Bertz CT molecular complexity index is 1110. The van der Waals surface area contributed by atoms with Gasteiger partial charge in [0.2, 0.25) is 0 Å². The minimum Gasteiger partial charge on any atom is -0.496 e. The monoisotopic (exact) mass is 410 g/mol. The fourth-order valence-electron chi connectivity index (χ4n) is 3.88. The van der Waals surface area contributed by atoms with Crippen molar-refractivity contribution in [2.75, 3.05) is 13.7 Å². The molecule has 1 N–H and O–H groups in total. The SMILES string of the molecule is COc1ccccc1C(CO)c1cccc(-c2ccccc2)c1OCc1ccccc1. The van der Waals surface area contributed by atoms with Gasteiger partial charge in [-0.15, -0.1) is 0 Å². The van der Waals surface area contributed by atoms with E-state index in [1.54, 1.807) is 7.11 Å². The van der Waals surface area contributed by atoms with E-state index in [4.69, 9.17) is 9.47 Å². The summed E-state index contributed by atoms with van der Waals surface area (Å²) in [6, 6.07) is 34.2. The zero-order chi connectivity index (χ0) is 21.5. The summed E-state index contributed by atoms with van der Waals surface area (Å²) in [4.78, 5) is 0. The van der Waals surface area contributed by atoms with Gasteiger partial charge in [0.05, 0.1) is 13.7 Å². The van der Waals surface area contributed by atoms with Crippen molar-refractivity contribution >= 4 is 0 Å². The van der Waals surface area contributed by atoms with E-state index >= 15 is 0 Å². The van der Waals surface area contributed by atoms with E-state index in [0.29, 0.717) is 6.61 Å². The van der Waals surface area contributed by atoms with Gasteiger partial charge >= 0.3 is 0 Å². The molecule has 0 aliphatic heterocycles. The predicted molar refractivity (Wildman–Crippen MR) is 125 cm³/mol. The van der Waals surface area contributed by atoms with Crippen LogP contribution in [0, 0.1) is 0 Å². The molecule has 0 spiro atoms. The first-order chi connectivity index (χ1) is 15.3. The van der Waals surface area contributed by atoms with E-state index in [9.17, 15) is 5.11 Å². The highest BCUT2D eigenvalue weighted by molar-refractivity contribution is 5.73. The van der Waals surface area contributed by atoms with Crippen molar-refractivity contribution in [1.29, 1.82) is 0 Å². The highest BCUT2D eigenvalue weighted by Gasteiger charge is 2.23. The van der Waals surface area contributed by atoms with E-state index < -0.39 is 0 Å². The molecule has 0 saturated carbocycles. The van der Waals surface area contributed by atoms with Crippen LogP contribution in [-0.4, -0.2) is 18.8 Å². The fraction of sp³-hybridized carbons (Fsp3) is 0.143. The van der Waals surface area contributed by atoms with Crippen LogP contribution in [0.25, 0.3) is 11.1 Å². The molecule has 0 fully saturated rings. The fourth-order valence-corrected chi connectivity index (χ4v) is 3.88. The van der Waals surface area contributed by atoms with Crippen LogP contribution in [0.2, 0.25) is 0 Å². The second-order valence-corrected chi connectivity index (χ2v) is 7.34. The summed E-state index contributed by atoms with van der Waals surface area (Å²) < 4.78 is 12.0. The van der Waals surface area contributed by atoms with Crippen molar-refractivity contribution in [1.82, 2.24) is 0 Å². The molecule has 3 heteroatoms. The zero-order valence-corrected chi connectivity index (χ0v) is 17.6. The lowest BCUT2D eigenvalue weighted by Crippen LogP contribution is -2.11. The molecular weight excluding hydrogens is 384 g/mol. The van der Waals surface area contributed by atoms with Gasteiger partial charge in [0.25, 0.3) is 0 Å². The zero-order valence-electron chi connectivity index (χ0n) is 17.6. The van der Waals surface area contributed by atoms with Gasteiger partial charge in [-0.2, -0.15) is 0 Å². The first-order valence-corrected chi connectivity index (χ1v) is 10.4. The van der Waals surface area contributed by atoms with Crippen molar-refractivity contribution in [3.05, 3.63) is 120 Å². The van der Waals surface area contributed by atoms with Crippen molar-refractivity contribution in [2.45, 2.75) is 12.5 Å². The molecule has 31 heavy (non-hydrogen) atoms. The van der Waals surface area contributed by atoms with Gasteiger partial charge in [0.1, 0.15) is 18.1 Å². The van der Waals surface area contributed by atoms with Gasteiger partial charge in [0, 0.05) is 22.6 Å². The molecular formula is C28H26O3.